The Balaban J connectivity index is 1.84. The number of nitrogens with zero attached hydrogens (tertiary/aromatic N) is 2. The van der Waals surface area contributed by atoms with Gasteiger partial charge in [0.1, 0.15) is 0 Å². The molecule has 0 spiro atoms. The van der Waals surface area contributed by atoms with Gasteiger partial charge in [0.05, 0.1) is 12.0 Å². The third-order valence-electron chi connectivity index (χ3n) is 3.73. The quantitative estimate of drug-likeness (QED) is 0.446. The zero-order valence-electron chi connectivity index (χ0n) is 12.2. The number of thioether (sulfide) groups is 1. The highest BCUT2D eigenvalue weighted by Crippen LogP contribution is 2.27. The molecule has 0 aromatic heterocycles. The Hall–Kier alpha value is -2.66. The van der Waals surface area contributed by atoms with Crippen molar-refractivity contribution in [2.45, 2.75) is 0 Å². The van der Waals surface area contributed by atoms with Crippen molar-refractivity contribution in [3.05, 3.63) is 60.2 Å². The minimum absolute atomic E-state index is 0.0282. The number of amides is 1. The standard InChI is InChI=1S/C18H13N3OS/c22-17-11-23-18(20-17)21-19-10-16-14-7-3-1-5-12(14)9-13-6-2-4-8-15(13)16/h1-10H,11H2,(H,20,21,22)/b19-10+. The number of carbonyl (C=O) groups excluding carboxylic acids is 1. The van der Waals surface area contributed by atoms with E-state index >= 15 is 0 Å². The molecule has 1 amide bonds. The Labute approximate surface area is 137 Å². The lowest BCUT2D eigenvalue weighted by atomic mass is 9.97. The van der Waals surface area contributed by atoms with Gasteiger partial charge in [-0.2, -0.15) is 5.10 Å². The number of amidine groups is 1. The Morgan fingerprint density at radius 2 is 1.65 bits per heavy atom. The summed E-state index contributed by atoms with van der Waals surface area (Å²) in [7, 11) is 0. The fourth-order valence-electron chi connectivity index (χ4n) is 2.71. The summed E-state index contributed by atoms with van der Waals surface area (Å²) in [6, 6.07) is 18.6. The number of carbonyl (C=O) groups is 1. The highest BCUT2D eigenvalue weighted by molar-refractivity contribution is 8.15. The molecule has 1 saturated heterocycles. The molecular formula is C18H13N3OS. The molecule has 0 radical (unpaired) electrons. The summed E-state index contributed by atoms with van der Waals surface area (Å²) < 4.78 is 0. The van der Waals surface area contributed by atoms with Gasteiger partial charge in [0.2, 0.25) is 5.91 Å². The zero-order chi connectivity index (χ0) is 15.6. The van der Waals surface area contributed by atoms with Crippen molar-refractivity contribution >= 4 is 50.6 Å². The minimum atomic E-state index is -0.0282. The maximum Gasteiger partial charge on any atom is 0.236 e. The van der Waals surface area contributed by atoms with Gasteiger partial charge < -0.3 is 5.32 Å². The summed E-state index contributed by atoms with van der Waals surface area (Å²) in [6.07, 6.45) is 1.77. The first kappa shape index (κ1) is 14.0. The molecule has 3 aromatic carbocycles. The van der Waals surface area contributed by atoms with Crippen molar-refractivity contribution in [1.29, 1.82) is 0 Å². The van der Waals surface area contributed by atoms with Crippen LogP contribution in [0, 0.1) is 0 Å². The predicted octanol–water partition coefficient (Wildman–Crippen LogP) is 3.55. The molecule has 1 aliphatic rings. The molecule has 0 saturated carbocycles. The molecule has 23 heavy (non-hydrogen) atoms. The Morgan fingerprint density at radius 1 is 1.00 bits per heavy atom. The van der Waals surface area contributed by atoms with Crippen LogP contribution < -0.4 is 5.32 Å². The van der Waals surface area contributed by atoms with Crippen LogP contribution in [0.5, 0.6) is 0 Å². The van der Waals surface area contributed by atoms with Crippen LogP contribution in [0.25, 0.3) is 21.5 Å². The predicted molar refractivity (Wildman–Crippen MR) is 97.1 cm³/mol. The molecule has 1 N–H and O–H groups in total. The van der Waals surface area contributed by atoms with Gasteiger partial charge in [0, 0.05) is 5.56 Å². The lowest BCUT2D eigenvalue weighted by molar-refractivity contribution is -0.116. The molecule has 5 heteroatoms. The van der Waals surface area contributed by atoms with Gasteiger partial charge in [-0.05, 0) is 27.6 Å². The number of fused-ring (bicyclic) bond motifs is 2. The maximum absolute atomic E-state index is 11.2. The summed E-state index contributed by atoms with van der Waals surface area (Å²) >= 11 is 1.37. The van der Waals surface area contributed by atoms with Crippen molar-refractivity contribution in [2.24, 2.45) is 10.2 Å². The average Bonchev–Trinajstić information content (AvgIpc) is 2.99. The second kappa shape index (κ2) is 5.85. The lowest BCUT2D eigenvalue weighted by Crippen LogP contribution is -2.19. The summed E-state index contributed by atoms with van der Waals surface area (Å²) in [5.41, 5.74) is 1.04. The van der Waals surface area contributed by atoms with Gasteiger partial charge in [-0.3, -0.25) is 4.79 Å². The van der Waals surface area contributed by atoms with E-state index in [2.05, 4.69) is 45.9 Å². The van der Waals surface area contributed by atoms with E-state index in [9.17, 15) is 4.79 Å². The highest BCUT2D eigenvalue weighted by Gasteiger charge is 2.16. The van der Waals surface area contributed by atoms with E-state index in [4.69, 9.17) is 0 Å². The fraction of sp³-hybridized carbons (Fsp3) is 0.0556. The van der Waals surface area contributed by atoms with Gasteiger partial charge >= 0.3 is 0 Å². The number of rotatable bonds is 2. The molecule has 4 nitrogen and oxygen atoms in total. The minimum Gasteiger partial charge on any atom is -0.303 e. The van der Waals surface area contributed by atoms with Crippen molar-refractivity contribution in [3.8, 4) is 0 Å². The van der Waals surface area contributed by atoms with Gasteiger partial charge in [0.25, 0.3) is 0 Å². The third-order valence-corrected chi connectivity index (χ3v) is 4.60. The number of hydrogen-bond acceptors (Lipinski definition) is 4. The molecule has 0 bridgehead atoms. The Kier molecular flexibility index (Phi) is 3.55. The zero-order valence-corrected chi connectivity index (χ0v) is 13.0. The van der Waals surface area contributed by atoms with Crippen LogP contribution in [0.1, 0.15) is 5.56 Å². The highest BCUT2D eigenvalue weighted by atomic mass is 32.2. The molecule has 0 atom stereocenters. The fourth-order valence-corrected chi connectivity index (χ4v) is 3.34. The first-order valence-electron chi connectivity index (χ1n) is 7.25. The molecule has 1 aliphatic heterocycles. The van der Waals surface area contributed by atoms with Gasteiger partial charge in [-0.25, -0.2) is 0 Å². The van der Waals surface area contributed by atoms with Crippen molar-refractivity contribution in [3.63, 3.8) is 0 Å². The SMILES string of the molecule is O=C1CS/C(=N/N=C/c2c3ccccc3cc3ccccc23)N1. The summed E-state index contributed by atoms with van der Waals surface area (Å²) in [4.78, 5) is 11.2. The lowest BCUT2D eigenvalue weighted by Gasteiger charge is -2.07. The van der Waals surface area contributed by atoms with Crippen LogP contribution in [0.2, 0.25) is 0 Å². The monoisotopic (exact) mass is 319 g/mol. The maximum atomic E-state index is 11.2. The second-order valence-electron chi connectivity index (χ2n) is 5.22. The summed E-state index contributed by atoms with van der Waals surface area (Å²) in [6.45, 7) is 0. The number of benzene rings is 3. The molecule has 0 unspecified atom stereocenters. The molecule has 0 aliphatic carbocycles. The smallest absolute Gasteiger partial charge is 0.236 e. The van der Waals surface area contributed by atoms with Crippen LogP contribution >= 0.6 is 11.8 Å². The summed E-state index contributed by atoms with van der Waals surface area (Å²) in [5.74, 6) is 0.380. The van der Waals surface area contributed by atoms with Gasteiger partial charge in [0.15, 0.2) is 5.17 Å². The Bertz CT molecular complexity index is 924. The van der Waals surface area contributed by atoms with Crippen LogP contribution in [-0.2, 0) is 4.79 Å². The first-order valence-corrected chi connectivity index (χ1v) is 8.24. The van der Waals surface area contributed by atoms with Gasteiger partial charge in [-0.1, -0.05) is 60.3 Å². The third kappa shape index (κ3) is 2.71. The molecule has 112 valence electrons. The number of hydrogen-bond donors (Lipinski definition) is 1. The molecule has 1 fully saturated rings. The van der Waals surface area contributed by atoms with Crippen molar-refractivity contribution < 1.29 is 4.79 Å². The van der Waals surface area contributed by atoms with Crippen molar-refractivity contribution in [1.82, 2.24) is 5.32 Å². The number of nitrogens with one attached hydrogen (secondary N) is 1. The van der Waals surface area contributed by atoms with E-state index in [1.807, 2.05) is 24.3 Å². The largest absolute Gasteiger partial charge is 0.303 e. The summed E-state index contributed by atoms with van der Waals surface area (Å²) in [5, 5.41) is 16.1. The van der Waals surface area contributed by atoms with E-state index in [1.165, 1.54) is 22.5 Å². The van der Waals surface area contributed by atoms with Gasteiger partial charge in [-0.15, -0.1) is 5.10 Å². The first-order chi connectivity index (χ1) is 11.3. The molecule has 4 rings (SSSR count). The van der Waals surface area contributed by atoms with Crippen LogP contribution in [0.4, 0.5) is 0 Å². The van der Waals surface area contributed by atoms with Crippen LogP contribution in [0.3, 0.4) is 0 Å². The molecular weight excluding hydrogens is 306 g/mol. The van der Waals surface area contributed by atoms with Crippen molar-refractivity contribution in [2.75, 3.05) is 5.75 Å². The Morgan fingerprint density at radius 3 is 2.26 bits per heavy atom. The van der Waals surface area contributed by atoms with E-state index < -0.39 is 0 Å². The van der Waals surface area contributed by atoms with E-state index in [0.29, 0.717) is 10.9 Å². The van der Waals surface area contributed by atoms with Crippen LogP contribution in [-0.4, -0.2) is 23.0 Å². The topological polar surface area (TPSA) is 53.8 Å². The second-order valence-corrected chi connectivity index (χ2v) is 6.18. The average molecular weight is 319 g/mol. The van der Waals surface area contributed by atoms with E-state index in [0.717, 1.165) is 16.3 Å². The van der Waals surface area contributed by atoms with Crippen LogP contribution in [0.15, 0.2) is 64.8 Å². The van der Waals surface area contributed by atoms with E-state index in [1.54, 1.807) is 6.21 Å². The molecule has 1 heterocycles. The molecule has 3 aromatic rings. The van der Waals surface area contributed by atoms with E-state index in [-0.39, 0.29) is 5.91 Å². The normalized spacial score (nSPS) is 16.7.